The van der Waals surface area contributed by atoms with Gasteiger partial charge in [-0.3, -0.25) is 4.79 Å². The summed E-state index contributed by atoms with van der Waals surface area (Å²) in [5.41, 5.74) is 0.555. The maximum Gasteiger partial charge on any atom is 0.350 e. The number of amides is 1. The highest BCUT2D eigenvalue weighted by Crippen LogP contribution is 2.29. The van der Waals surface area contributed by atoms with Gasteiger partial charge in [-0.05, 0) is 30.0 Å². The van der Waals surface area contributed by atoms with Gasteiger partial charge in [0, 0.05) is 0 Å². The first-order valence-electron chi connectivity index (χ1n) is 5.30. The van der Waals surface area contributed by atoms with E-state index in [9.17, 15) is 9.59 Å². The van der Waals surface area contributed by atoms with E-state index in [0.29, 0.717) is 10.6 Å². The molecule has 92 valence electrons. The fourth-order valence-electron chi connectivity index (χ4n) is 1.66. The normalized spacial score (nSPS) is 19.0. The van der Waals surface area contributed by atoms with E-state index in [2.05, 4.69) is 10.1 Å². The zero-order valence-corrected chi connectivity index (χ0v) is 11.0. The average molecular weight is 271 g/mol. The average Bonchev–Trinajstić information content (AvgIpc) is 2.98. The van der Waals surface area contributed by atoms with Crippen LogP contribution in [0.25, 0.3) is 0 Å². The molecule has 1 fully saturated rings. The molecule has 0 saturated carbocycles. The third-order valence-corrected chi connectivity index (χ3v) is 4.79. The molecule has 0 radical (unpaired) electrons. The smallest absolute Gasteiger partial charge is 0.350 e. The van der Waals surface area contributed by atoms with Gasteiger partial charge in [-0.2, -0.15) is 0 Å². The van der Waals surface area contributed by atoms with Crippen molar-refractivity contribution in [2.24, 2.45) is 0 Å². The highest BCUT2D eigenvalue weighted by Gasteiger charge is 2.25. The first kappa shape index (κ1) is 12.4. The van der Waals surface area contributed by atoms with Crippen LogP contribution in [-0.2, 0) is 9.53 Å². The lowest BCUT2D eigenvalue weighted by molar-refractivity contribution is -0.115. The summed E-state index contributed by atoms with van der Waals surface area (Å²) in [6.07, 6.45) is 1.99. The molecule has 1 aromatic heterocycles. The van der Waals surface area contributed by atoms with Crippen molar-refractivity contribution in [1.29, 1.82) is 0 Å². The largest absolute Gasteiger partial charge is 0.465 e. The van der Waals surface area contributed by atoms with Gasteiger partial charge in [0.05, 0.1) is 18.0 Å². The van der Waals surface area contributed by atoms with E-state index in [1.54, 1.807) is 23.2 Å². The molecule has 4 nitrogen and oxygen atoms in total. The van der Waals surface area contributed by atoms with Crippen LogP contribution in [0.4, 0.5) is 5.69 Å². The molecule has 0 bridgehead atoms. The Bertz CT molecular complexity index is 424. The minimum absolute atomic E-state index is 0.0143. The molecule has 1 N–H and O–H groups in total. The Hall–Kier alpha value is -1.01. The number of ether oxygens (including phenoxy) is 1. The summed E-state index contributed by atoms with van der Waals surface area (Å²) in [7, 11) is 1.33. The van der Waals surface area contributed by atoms with Crippen molar-refractivity contribution >= 4 is 40.7 Å². The minimum atomic E-state index is -0.408. The molecular formula is C11H13NO3S2. The lowest BCUT2D eigenvalue weighted by Gasteiger charge is -2.09. The molecule has 2 rings (SSSR count). The Morgan fingerprint density at radius 3 is 3.00 bits per heavy atom. The summed E-state index contributed by atoms with van der Waals surface area (Å²) >= 11 is 2.94. The highest BCUT2D eigenvalue weighted by atomic mass is 32.2. The summed E-state index contributed by atoms with van der Waals surface area (Å²) in [6.45, 7) is 0. The molecule has 1 atom stereocenters. The Kier molecular flexibility index (Phi) is 4.06. The van der Waals surface area contributed by atoms with E-state index in [-0.39, 0.29) is 11.2 Å². The number of hydrogen-bond acceptors (Lipinski definition) is 5. The molecule has 1 aromatic rings. The van der Waals surface area contributed by atoms with E-state index in [1.165, 1.54) is 18.4 Å². The second-order valence-electron chi connectivity index (χ2n) is 3.65. The van der Waals surface area contributed by atoms with Gasteiger partial charge in [0.2, 0.25) is 5.91 Å². The number of nitrogens with one attached hydrogen (secondary N) is 1. The van der Waals surface area contributed by atoms with Gasteiger partial charge in [-0.25, -0.2) is 4.79 Å². The van der Waals surface area contributed by atoms with E-state index in [4.69, 9.17) is 0 Å². The molecular weight excluding hydrogens is 258 g/mol. The number of methoxy groups -OCH3 is 1. The highest BCUT2D eigenvalue weighted by molar-refractivity contribution is 8.00. The van der Waals surface area contributed by atoms with E-state index in [1.807, 2.05) is 0 Å². The summed E-state index contributed by atoms with van der Waals surface area (Å²) in [5.74, 6) is 0.608. The monoisotopic (exact) mass is 271 g/mol. The third kappa shape index (κ3) is 2.81. The van der Waals surface area contributed by atoms with Crippen LogP contribution in [0.5, 0.6) is 0 Å². The van der Waals surface area contributed by atoms with Crippen molar-refractivity contribution in [3.05, 3.63) is 16.3 Å². The number of hydrogen-bond donors (Lipinski definition) is 1. The molecule has 1 aliphatic heterocycles. The van der Waals surface area contributed by atoms with Crippen LogP contribution in [0.1, 0.15) is 22.5 Å². The summed E-state index contributed by atoms with van der Waals surface area (Å²) < 4.78 is 4.66. The fraction of sp³-hybridized carbons (Fsp3) is 0.455. The summed E-state index contributed by atoms with van der Waals surface area (Å²) in [5, 5.41) is 4.58. The number of carbonyl (C=O) groups excluding carboxylic acids is 2. The minimum Gasteiger partial charge on any atom is -0.465 e. The van der Waals surface area contributed by atoms with Crippen molar-refractivity contribution < 1.29 is 14.3 Å². The van der Waals surface area contributed by atoms with Crippen LogP contribution in [0, 0.1) is 0 Å². The number of thiophene rings is 1. The van der Waals surface area contributed by atoms with Gasteiger partial charge in [-0.1, -0.05) is 0 Å². The predicted octanol–water partition coefficient (Wildman–Crippen LogP) is 2.37. The van der Waals surface area contributed by atoms with Crippen LogP contribution < -0.4 is 5.32 Å². The van der Waals surface area contributed by atoms with Gasteiger partial charge in [0.1, 0.15) is 4.88 Å². The SMILES string of the molecule is COC(=O)c1sccc1NC(=O)[C@H]1CCCS1. The summed E-state index contributed by atoms with van der Waals surface area (Å²) in [6, 6.07) is 1.73. The molecule has 1 saturated heterocycles. The third-order valence-electron chi connectivity index (χ3n) is 2.52. The number of carbonyl (C=O) groups is 2. The van der Waals surface area contributed by atoms with Crippen molar-refractivity contribution in [1.82, 2.24) is 0 Å². The second kappa shape index (κ2) is 5.55. The zero-order chi connectivity index (χ0) is 12.3. The Morgan fingerprint density at radius 1 is 1.53 bits per heavy atom. The van der Waals surface area contributed by atoms with Crippen molar-refractivity contribution in [2.75, 3.05) is 18.2 Å². The van der Waals surface area contributed by atoms with Crippen LogP contribution in [0.15, 0.2) is 11.4 Å². The lowest BCUT2D eigenvalue weighted by Crippen LogP contribution is -2.23. The molecule has 1 aliphatic rings. The topological polar surface area (TPSA) is 55.4 Å². The van der Waals surface area contributed by atoms with Crippen molar-refractivity contribution in [2.45, 2.75) is 18.1 Å². The van der Waals surface area contributed by atoms with Crippen LogP contribution in [0.2, 0.25) is 0 Å². The van der Waals surface area contributed by atoms with Crippen LogP contribution >= 0.6 is 23.1 Å². The number of thioether (sulfide) groups is 1. The number of anilines is 1. The summed E-state index contributed by atoms with van der Waals surface area (Å²) in [4.78, 5) is 23.8. The molecule has 6 heteroatoms. The lowest BCUT2D eigenvalue weighted by atomic mass is 10.2. The molecule has 1 amide bonds. The molecule has 0 spiro atoms. The first-order chi connectivity index (χ1) is 8.22. The predicted molar refractivity (Wildman–Crippen MR) is 69.8 cm³/mol. The van der Waals surface area contributed by atoms with Gasteiger partial charge >= 0.3 is 5.97 Å². The maximum absolute atomic E-state index is 11.9. The molecule has 17 heavy (non-hydrogen) atoms. The van der Waals surface area contributed by atoms with Gasteiger partial charge in [0.15, 0.2) is 0 Å². The van der Waals surface area contributed by atoms with E-state index < -0.39 is 5.97 Å². The Labute approximate surface area is 108 Å². The van der Waals surface area contributed by atoms with E-state index >= 15 is 0 Å². The molecule has 0 unspecified atom stereocenters. The Morgan fingerprint density at radius 2 is 2.35 bits per heavy atom. The first-order valence-corrected chi connectivity index (χ1v) is 7.23. The van der Waals surface area contributed by atoms with Gasteiger partial charge in [0.25, 0.3) is 0 Å². The van der Waals surface area contributed by atoms with Crippen molar-refractivity contribution in [3.8, 4) is 0 Å². The second-order valence-corrected chi connectivity index (χ2v) is 5.87. The maximum atomic E-state index is 11.9. The molecule has 0 aliphatic carbocycles. The standard InChI is InChI=1S/C11H13NO3S2/c1-15-11(14)9-7(4-6-17-9)12-10(13)8-3-2-5-16-8/h4,6,8H,2-3,5H2,1H3,(H,12,13)/t8-/m1/s1. The van der Waals surface area contributed by atoms with Crippen molar-refractivity contribution in [3.63, 3.8) is 0 Å². The van der Waals surface area contributed by atoms with Crippen LogP contribution in [-0.4, -0.2) is 30.0 Å². The number of rotatable bonds is 3. The zero-order valence-electron chi connectivity index (χ0n) is 9.39. The molecule has 0 aromatic carbocycles. The quantitative estimate of drug-likeness (QED) is 0.858. The fourth-order valence-corrected chi connectivity index (χ4v) is 3.58. The molecule has 2 heterocycles. The van der Waals surface area contributed by atoms with E-state index in [0.717, 1.165) is 18.6 Å². The Balaban J connectivity index is 2.05. The van der Waals surface area contributed by atoms with Gasteiger partial charge < -0.3 is 10.1 Å². The van der Waals surface area contributed by atoms with Crippen LogP contribution in [0.3, 0.4) is 0 Å². The van der Waals surface area contributed by atoms with Gasteiger partial charge in [-0.15, -0.1) is 23.1 Å². The number of esters is 1.